The molecule has 0 radical (unpaired) electrons. The summed E-state index contributed by atoms with van der Waals surface area (Å²) in [6.07, 6.45) is 0.526. The maximum Gasteiger partial charge on any atom is 0.242 e. The Labute approximate surface area is 121 Å². The standard InChI is InChI=1S/C14H24N2O3S/c1-10-5-6-11(2)13(12(10)15)20(18,19)16-9-14(3,4)7-8-17/h5-6,16-17H,7-9,15H2,1-4H3. The van der Waals surface area contributed by atoms with E-state index in [-0.39, 0.29) is 29.1 Å². The van der Waals surface area contributed by atoms with Gasteiger partial charge in [-0.2, -0.15) is 0 Å². The number of sulfonamides is 1. The van der Waals surface area contributed by atoms with Crippen molar-refractivity contribution < 1.29 is 13.5 Å². The minimum Gasteiger partial charge on any atom is -0.397 e. The predicted molar refractivity (Wildman–Crippen MR) is 81.0 cm³/mol. The molecular formula is C14H24N2O3S. The van der Waals surface area contributed by atoms with E-state index in [4.69, 9.17) is 10.8 Å². The van der Waals surface area contributed by atoms with Crippen LogP contribution in [0, 0.1) is 19.3 Å². The number of benzene rings is 1. The molecule has 1 aromatic rings. The van der Waals surface area contributed by atoms with E-state index >= 15 is 0 Å². The summed E-state index contributed by atoms with van der Waals surface area (Å²) in [5.74, 6) is 0. The lowest BCUT2D eigenvalue weighted by Gasteiger charge is -2.24. The molecule has 0 heterocycles. The van der Waals surface area contributed by atoms with E-state index in [1.807, 2.05) is 13.8 Å². The van der Waals surface area contributed by atoms with Crippen molar-refractivity contribution >= 4 is 15.7 Å². The van der Waals surface area contributed by atoms with Gasteiger partial charge in [-0.15, -0.1) is 0 Å². The fraction of sp³-hybridized carbons (Fsp3) is 0.571. The Hall–Kier alpha value is -1.11. The molecule has 1 aromatic carbocycles. The summed E-state index contributed by atoms with van der Waals surface area (Å²) in [4.78, 5) is 0.150. The number of hydrogen-bond acceptors (Lipinski definition) is 4. The van der Waals surface area contributed by atoms with Crippen LogP contribution in [-0.2, 0) is 10.0 Å². The minimum atomic E-state index is -3.65. The van der Waals surface area contributed by atoms with E-state index in [0.717, 1.165) is 5.56 Å². The number of aliphatic hydroxyl groups excluding tert-OH is 1. The van der Waals surface area contributed by atoms with Crippen molar-refractivity contribution in [1.29, 1.82) is 0 Å². The first kappa shape index (κ1) is 16.9. The summed E-state index contributed by atoms with van der Waals surface area (Å²) >= 11 is 0. The molecule has 0 amide bonds. The van der Waals surface area contributed by atoms with Crippen molar-refractivity contribution in [1.82, 2.24) is 4.72 Å². The Balaban J connectivity index is 3.04. The number of hydrogen-bond donors (Lipinski definition) is 3. The second-order valence-corrected chi connectivity index (χ2v) is 7.61. The second-order valence-electron chi connectivity index (χ2n) is 5.90. The molecule has 0 atom stereocenters. The van der Waals surface area contributed by atoms with E-state index in [2.05, 4.69) is 4.72 Å². The van der Waals surface area contributed by atoms with Gasteiger partial charge in [-0.3, -0.25) is 0 Å². The van der Waals surface area contributed by atoms with Gasteiger partial charge in [-0.05, 0) is 36.8 Å². The first-order valence-corrected chi connectivity index (χ1v) is 8.05. The van der Waals surface area contributed by atoms with Crippen LogP contribution in [0.1, 0.15) is 31.4 Å². The fourth-order valence-corrected chi connectivity index (χ4v) is 3.58. The highest BCUT2D eigenvalue weighted by atomic mass is 32.2. The maximum atomic E-state index is 12.4. The van der Waals surface area contributed by atoms with E-state index in [0.29, 0.717) is 12.0 Å². The molecule has 0 aromatic heterocycles. The molecule has 0 spiro atoms. The summed E-state index contributed by atoms with van der Waals surface area (Å²) < 4.78 is 27.4. The van der Waals surface area contributed by atoms with Crippen molar-refractivity contribution in [3.8, 4) is 0 Å². The lowest BCUT2D eigenvalue weighted by molar-refractivity contribution is 0.213. The number of nitrogens with one attached hydrogen (secondary N) is 1. The molecule has 0 aliphatic heterocycles. The van der Waals surface area contributed by atoms with Crippen molar-refractivity contribution in [3.63, 3.8) is 0 Å². The van der Waals surface area contributed by atoms with Gasteiger partial charge in [0.25, 0.3) is 0 Å². The number of aryl methyl sites for hydroxylation is 2. The van der Waals surface area contributed by atoms with Gasteiger partial charge in [0.05, 0.1) is 5.69 Å². The Morgan fingerprint density at radius 1 is 1.25 bits per heavy atom. The largest absolute Gasteiger partial charge is 0.397 e. The Morgan fingerprint density at radius 3 is 2.35 bits per heavy atom. The van der Waals surface area contributed by atoms with E-state index in [9.17, 15) is 8.42 Å². The summed E-state index contributed by atoms with van der Waals surface area (Å²) in [7, 11) is -3.65. The Bertz CT molecular complexity index is 580. The van der Waals surface area contributed by atoms with Gasteiger partial charge < -0.3 is 10.8 Å². The van der Waals surface area contributed by atoms with Gasteiger partial charge >= 0.3 is 0 Å². The van der Waals surface area contributed by atoms with Crippen molar-refractivity contribution in [2.45, 2.75) is 39.0 Å². The number of nitrogens with two attached hydrogens (primary N) is 1. The molecule has 114 valence electrons. The van der Waals surface area contributed by atoms with Crippen LogP contribution in [0.15, 0.2) is 17.0 Å². The van der Waals surface area contributed by atoms with Crippen molar-refractivity contribution in [2.24, 2.45) is 5.41 Å². The highest BCUT2D eigenvalue weighted by Crippen LogP contribution is 2.26. The second kappa shape index (κ2) is 6.11. The number of rotatable bonds is 6. The van der Waals surface area contributed by atoms with E-state index < -0.39 is 10.0 Å². The molecule has 6 heteroatoms. The van der Waals surface area contributed by atoms with E-state index in [1.54, 1.807) is 26.0 Å². The van der Waals surface area contributed by atoms with Gasteiger partial charge in [0.2, 0.25) is 10.0 Å². The summed E-state index contributed by atoms with van der Waals surface area (Å²) in [6, 6.07) is 3.55. The fourth-order valence-electron chi connectivity index (χ4n) is 1.92. The van der Waals surface area contributed by atoms with Crippen molar-refractivity contribution in [3.05, 3.63) is 23.3 Å². The minimum absolute atomic E-state index is 0.0281. The molecule has 5 nitrogen and oxygen atoms in total. The molecule has 0 fully saturated rings. The monoisotopic (exact) mass is 300 g/mol. The van der Waals surface area contributed by atoms with Gasteiger partial charge in [0.15, 0.2) is 0 Å². The molecule has 0 aliphatic carbocycles. The lowest BCUT2D eigenvalue weighted by atomic mass is 9.90. The molecule has 0 unspecified atom stereocenters. The molecule has 0 saturated heterocycles. The third-order valence-electron chi connectivity index (χ3n) is 3.41. The average molecular weight is 300 g/mol. The first-order chi connectivity index (χ1) is 9.10. The van der Waals surface area contributed by atoms with Crippen LogP contribution < -0.4 is 10.5 Å². The smallest absolute Gasteiger partial charge is 0.242 e. The van der Waals surface area contributed by atoms with Crippen LogP contribution in [0.3, 0.4) is 0 Å². The van der Waals surface area contributed by atoms with Crippen LogP contribution in [0.2, 0.25) is 0 Å². The van der Waals surface area contributed by atoms with Crippen LogP contribution in [0.25, 0.3) is 0 Å². The quantitative estimate of drug-likeness (QED) is 0.695. The van der Waals surface area contributed by atoms with E-state index in [1.165, 1.54) is 0 Å². The zero-order valence-electron chi connectivity index (χ0n) is 12.5. The maximum absolute atomic E-state index is 12.4. The average Bonchev–Trinajstić information content (AvgIpc) is 2.32. The Kier molecular flexibility index (Phi) is 5.18. The lowest BCUT2D eigenvalue weighted by Crippen LogP contribution is -2.35. The van der Waals surface area contributed by atoms with Crippen LogP contribution >= 0.6 is 0 Å². The molecule has 20 heavy (non-hydrogen) atoms. The number of aliphatic hydroxyl groups is 1. The molecule has 4 N–H and O–H groups in total. The first-order valence-electron chi connectivity index (χ1n) is 6.57. The highest BCUT2D eigenvalue weighted by Gasteiger charge is 2.25. The highest BCUT2D eigenvalue weighted by molar-refractivity contribution is 7.89. The third kappa shape index (κ3) is 3.94. The Morgan fingerprint density at radius 2 is 1.80 bits per heavy atom. The SMILES string of the molecule is Cc1ccc(C)c(S(=O)(=O)NCC(C)(C)CCO)c1N. The van der Waals surface area contributed by atoms with Gasteiger partial charge in [-0.25, -0.2) is 13.1 Å². The topological polar surface area (TPSA) is 92.4 Å². The molecule has 0 aliphatic rings. The van der Waals surface area contributed by atoms with Gasteiger partial charge in [0.1, 0.15) is 4.90 Å². The van der Waals surface area contributed by atoms with Crippen LogP contribution in [0.5, 0.6) is 0 Å². The molecule has 0 bridgehead atoms. The third-order valence-corrected chi connectivity index (χ3v) is 5.01. The summed E-state index contributed by atoms with van der Waals surface area (Å²) in [5, 5.41) is 8.98. The van der Waals surface area contributed by atoms with Gasteiger partial charge in [0, 0.05) is 13.2 Å². The zero-order chi connectivity index (χ0) is 15.6. The van der Waals surface area contributed by atoms with Gasteiger partial charge in [-0.1, -0.05) is 26.0 Å². The van der Waals surface area contributed by atoms with Crippen LogP contribution in [0.4, 0.5) is 5.69 Å². The normalized spacial score (nSPS) is 12.7. The number of anilines is 1. The predicted octanol–water partition coefficient (Wildman–Crippen LogP) is 1.57. The molecule has 1 rings (SSSR count). The number of nitrogen functional groups attached to an aromatic ring is 1. The summed E-state index contributed by atoms with van der Waals surface area (Å²) in [5.41, 5.74) is 7.25. The zero-order valence-corrected chi connectivity index (χ0v) is 13.3. The summed E-state index contributed by atoms with van der Waals surface area (Å²) in [6.45, 7) is 7.59. The molecule has 0 saturated carbocycles. The van der Waals surface area contributed by atoms with Crippen LogP contribution in [-0.4, -0.2) is 26.7 Å². The van der Waals surface area contributed by atoms with Crippen molar-refractivity contribution in [2.75, 3.05) is 18.9 Å². The molecular weight excluding hydrogens is 276 g/mol.